The van der Waals surface area contributed by atoms with E-state index in [0.29, 0.717) is 6.54 Å². The van der Waals surface area contributed by atoms with Crippen LogP contribution in [0.1, 0.15) is 17.5 Å². The van der Waals surface area contributed by atoms with E-state index in [0.717, 1.165) is 24.3 Å². The molecule has 1 rings (SSSR count). The highest BCUT2D eigenvalue weighted by Crippen LogP contribution is 2.18. The van der Waals surface area contributed by atoms with E-state index in [9.17, 15) is 4.79 Å². The van der Waals surface area contributed by atoms with Crippen molar-refractivity contribution in [3.63, 3.8) is 0 Å². The van der Waals surface area contributed by atoms with Gasteiger partial charge in [0, 0.05) is 6.54 Å². The van der Waals surface area contributed by atoms with Crippen molar-refractivity contribution in [1.29, 1.82) is 0 Å². The summed E-state index contributed by atoms with van der Waals surface area (Å²) >= 11 is 0. The molecular weight excluding hydrogens is 240 g/mol. The number of benzene rings is 1. The average molecular weight is 264 g/mol. The third-order valence-corrected chi connectivity index (χ3v) is 2.79. The van der Waals surface area contributed by atoms with Gasteiger partial charge in [0.2, 0.25) is 0 Å². The van der Waals surface area contributed by atoms with E-state index < -0.39 is 0 Å². The van der Waals surface area contributed by atoms with Crippen molar-refractivity contribution in [3.8, 4) is 5.75 Å². The normalized spacial score (nSPS) is 10.6. The second-order valence-electron chi connectivity index (χ2n) is 5.06. The van der Waals surface area contributed by atoms with Crippen LogP contribution in [-0.2, 0) is 4.79 Å². The summed E-state index contributed by atoms with van der Waals surface area (Å²) in [5.74, 6) is 0.702. The van der Waals surface area contributed by atoms with Crippen LogP contribution in [0.3, 0.4) is 0 Å². The van der Waals surface area contributed by atoms with Crippen molar-refractivity contribution in [3.05, 3.63) is 29.3 Å². The summed E-state index contributed by atoms with van der Waals surface area (Å²) in [4.78, 5) is 13.7. The molecule has 4 nitrogen and oxygen atoms in total. The predicted molar refractivity (Wildman–Crippen MR) is 77.6 cm³/mol. The van der Waals surface area contributed by atoms with E-state index in [1.807, 2.05) is 46.1 Å². The largest absolute Gasteiger partial charge is 0.484 e. The van der Waals surface area contributed by atoms with Crippen molar-refractivity contribution in [2.24, 2.45) is 0 Å². The zero-order chi connectivity index (χ0) is 14.3. The molecule has 0 bridgehead atoms. The van der Waals surface area contributed by atoms with Crippen LogP contribution in [-0.4, -0.2) is 44.6 Å². The molecule has 0 aromatic heterocycles. The highest BCUT2D eigenvalue weighted by atomic mass is 16.5. The number of rotatable bonds is 7. The molecule has 0 aliphatic heterocycles. The summed E-state index contributed by atoms with van der Waals surface area (Å²) in [6, 6.07) is 5.94. The third kappa shape index (κ3) is 6.25. The van der Waals surface area contributed by atoms with Gasteiger partial charge in [-0.2, -0.15) is 0 Å². The standard InChI is InChI=1S/C15H24N2O2/c1-12-6-7-14(13(2)10-12)19-11-15(18)16-8-5-9-17(3)4/h6-7,10H,5,8-9,11H2,1-4H3,(H,16,18). The fraction of sp³-hybridized carbons (Fsp3) is 0.533. The lowest BCUT2D eigenvalue weighted by Crippen LogP contribution is -2.31. The highest BCUT2D eigenvalue weighted by Gasteiger charge is 2.04. The molecule has 0 unspecified atom stereocenters. The topological polar surface area (TPSA) is 41.6 Å². The van der Waals surface area contributed by atoms with Gasteiger partial charge in [-0.05, 0) is 52.5 Å². The van der Waals surface area contributed by atoms with E-state index in [1.165, 1.54) is 5.56 Å². The molecule has 1 amide bonds. The number of carbonyl (C=O) groups excluding carboxylic acids is 1. The molecule has 0 radical (unpaired) electrons. The molecule has 1 aromatic rings. The van der Waals surface area contributed by atoms with Gasteiger partial charge >= 0.3 is 0 Å². The molecule has 0 aliphatic carbocycles. The molecule has 1 aromatic carbocycles. The van der Waals surface area contributed by atoms with Gasteiger partial charge in [-0.25, -0.2) is 0 Å². The first-order chi connectivity index (χ1) is 8.99. The predicted octanol–water partition coefficient (Wildman–Crippen LogP) is 1.75. The van der Waals surface area contributed by atoms with E-state index in [-0.39, 0.29) is 12.5 Å². The Balaban J connectivity index is 2.26. The van der Waals surface area contributed by atoms with Crippen molar-refractivity contribution in [2.75, 3.05) is 33.8 Å². The van der Waals surface area contributed by atoms with Crippen molar-refractivity contribution in [2.45, 2.75) is 20.3 Å². The van der Waals surface area contributed by atoms with E-state index in [2.05, 4.69) is 10.2 Å². The SMILES string of the molecule is Cc1ccc(OCC(=O)NCCCN(C)C)c(C)c1. The molecule has 0 heterocycles. The molecule has 1 N–H and O–H groups in total. The first-order valence-electron chi connectivity index (χ1n) is 6.60. The molecule has 0 fully saturated rings. The number of hydrogen-bond donors (Lipinski definition) is 1. The van der Waals surface area contributed by atoms with Gasteiger partial charge < -0.3 is 15.0 Å². The lowest BCUT2D eigenvalue weighted by molar-refractivity contribution is -0.123. The summed E-state index contributed by atoms with van der Waals surface area (Å²) in [6.45, 7) is 5.75. The maximum Gasteiger partial charge on any atom is 0.257 e. The quantitative estimate of drug-likeness (QED) is 0.763. The second kappa shape index (κ2) is 7.79. The van der Waals surface area contributed by atoms with Crippen LogP contribution in [0.5, 0.6) is 5.75 Å². The van der Waals surface area contributed by atoms with E-state index in [1.54, 1.807) is 0 Å². The van der Waals surface area contributed by atoms with Crippen LogP contribution in [0.15, 0.2) is 18.2 Å². The number of carbonyl (C=O) groups is 1. The molecule has 0 aliphatic rings. The Morgan fingerprint density at radius 2 is 2.05 bits per heavy atom. The minimum atomic E-state index is -0.0706. The highest BCUT2D eigenvalue weighted by molar-refractivity contribution is 5.77. The van der Waals surface area contributed by atoms with Gasteiger partial charge in [-0.15, -0.1) is 0 Å². The van der Waals surface area contributed by atoms with Crippen molar-refractivity contribution in [1.82, 2.24) is 10.2 Å². The Bertz CT molecular complexity index is 417. The van der Waals surface area contributed by atoms with Crippen LogP contribution in [0, 0.1) is 13.8 Å². The molecule has 19 heavy (non-hydrogen) atoms. The van der Waals surface area contributed by atoms with Gasteiger partial charge in [0.25, 0.3) is 5.91 Å². The fourth-order valence-corrected chi connectivity index (χ4v) is 1.78. The maximum absolute atomic E-state index is 11.6. The van der Waals surface area contributed by atoms with E-state index in [4.69, 9.17) is 4.74 Å². The maximum atomic E-state index is 11.6. The Hall–Kier alpha value is -1.55. The molecule has 0 atom stereocenters. The number of aryl methyl sites for hydroxylation is 2. The minimum Gasteiger partial charge on any atom is -0.484 e. The van der Waals surface area contributed by atoms with E-state index >= 15 is 0 Å². The first-order valence-corrected chi connectivity index (χ1v) is 6.60. The summed E-state index contributed by atoms with van der Waals surface area (Å²) < 4.78 is 5.51. The van der Waals surface area contributed by atoms with Crippen LogP contribution < -0.4 is 10.1 Å². The Kier molecular flexibility index (Phi) is 6.36. The smallest absolute Gasteiger partial charge is 0.257 e. The van der Waals surface area contributed by atoms with Gasteiger partial charge in [0.1, 0.15) is 5.75 Å². The molecule has 106 valence electrons. The molecule has 4 heteroatoms. The first kappa shape index (κ1) is 15.5. The number of ether oxygens (including phenoxy) is 1. The number of nitrogens with one attached hydrogen (secondary N) is 1. The number of amides is 1. The van der Waals surface area contributed by atoms with Crippen LogP contribution in [0.4, 0.5) is 0 Å². The Morgan fingerprint density at radius 1 is 1.32 bits per heavy atom. The summed E-state index contributed by atoms with van der Waals surface area (Å²) in [5.41, 5.74) is 2.25. The average Bonchev–Trinajstić information content (AvgIpc) is 2.33. The van der Waals surface area contributed by atoms with Crippen molar-refractivity contribution < 1.29 is 9.53 Å². The van der Waals surface area contributed by atoms with Crippen LogP contribution in [0.2, 0.25) is 0 Å². The lowest BCUT2D eigenvalue weighted by Gasteiger charge is -2.11. The zero-order valence-corrected chi connectivity index (χ0v) is 12.3. The summed E-state index contributed by atoms with van der Waals surface area (Å²) in [5, 5.41) is 2.85. The van der Waals surface area contributed by atoms with Crippen molar-refractivity contribution >= 4 is 5.91 Å². The number of hydrogen-bond acceptors (Lipinski definition) is 3. The number of nitrogens with zero attached hydrogens (tertiary/aromatic N) is 1. The molecular formula is C15H24N2O2. The Morgan fingerprint density at radius 3 is 2.68 bits per heavy atom. The van der Waals surface area contributed by atoms with Gasteiger partial charge in [0.15, 0.2) is 6.61 Å². The second-order valence-corrected chi connectivity index (χ2v) is 5.06. The van der Waals surface area contributed by atoms with Gasteiger partial charge in [-0.3, -0.25) is 4.79 Å². The molecule has 0 saturated heterocycles. The van der Waals surface area contributed by atoms with Crippen LogP contribution in [0.25, 0.3) is 0 Å². The lowest BCUT2D eigenvalue weighted by atomic mass is 10.1. The Labute approximate surface area is 115 Å². The summed E-state index contributed by atoms with van der Waals surface area (Å²) in [6.07, 6.45) is 0.947. The van der Waals surface area contributed by atoms with Gasteiger partial charge in [-0.1, -0.05) is 17.7 Å². The fourth-order valence-electron chi connectivity index (χ4n) is 1.78. The minimum absolute atomic E-state index is 0.0706. The monoisotopic (exact) mass is 264 g/mol. The third-order valence-electron chi connectivity index (χ3n) is 2.79. The zero-order valence-electron chi connectivity index (χ0n) is 12.3. The van der Waals surface area contributed by atoms with Gasteiger partial charge in [0.05, 0.1) is 0 Å². The molecule has 0 saturated carbocycles. The summed E-state index contributed by atoms with van der Waals surface area (Å²) in [7, 11) is 4.04. The van der Waals surface area contributed by atoms with Crippen LogP contribution >= 0.6 is 0 Å². The molecule has 0 spiro atoms.